The van der Waals surface area contributed by atoms with Gasteiger partial charge in [0.05, 0.1) is 24.4 Å². The molecule has 1 atom stereocenters. The fraction of sp³-hybridized carbons (Fsp3) is 0.667. The summed E-state index contributed by atoms with van der Waals surface area (Å²) in [6.07, 6.45) is 13.5. The van der Waals surface area contributed by atoms with E-state index in [1.807, 2.05) is 6.20 Å². The van der Waals surface area contributed by atoms with Crippen LogP contribution in [-0.2, 0) is 4.79 Å². The smallest absolute Gasteiger partial charge is 0.307 e. The Bertz CT molecular complexity index is 758. The van der Waals surface area contributed by atoms with Crippen molar-refractivity contribution < 1.29 is 9.90 Å². The number of hydrogen-bond acceptors (Lipinski definition) is 4. The number of rotatable bonds is 4. The zero-order valence-electron chi connectivity index (χ0n) is 16.2. The molecule has 1 unspecified atom stereocenters. The van der Waals surface area contributed by atoms with Crippen molar-refractivity contribution in [2.75, 3.05) is 13.1 Å². The molecule has 0 amide bonds. The van der Waals surface area contributed by atoms with Crippen molar-refractivity contribution >= 4 is 5.97 Å². The Balaban J connectivity index is 1.56. The maximum Gasteiger partial charge on any atom is 0.307 e. The Hall–Kier alpha value is -2.11. The normalized spacial score (nSPS) is 25.7. The van der Waals surface area contributed by atoms with Gasteiger partial charge in [0.2, 0.25) is 0 Å². The fourth-order valence-electron chi connectivity index (χ4n) is 5.12. The predicted octanol–water partition coefficient (Wildman–Crippen LogP) is 4.04. The van der Waals surface area contributed by atoms with Crippen molar-refractivity contribution in [3.05, 3.63) is 34.8 Å². The molecular formula is C21H30N4O2. The standard InChI is InChI=1S/C21H30N4O2/c1-2-15-10-17(11-21(26)27)19-9-8-18(14-24(19)13-15)25-20(12-22-23-25)16-6-4-3-5-7-16/h2,12,16,18H,3-11,13-14H2,1H3,(H,26,27)/b15-2-. The van der Waals surface area contributed by atoms with Crippen LogP contribution in [0.3, 0.4) is 0 Å². The van der Waals surface area contributed by atoms with Crippen LogP contribution in [0.1, 0.15) is 82.4 Å². The Morgan fingerprint density at radius 1 is 1.30 bits per heavy atom. The maximum atomic E-state index is 11.3. The summed E-state index contributed by atoms with van der Waals surface area (Å²) in [4.78, 5) is 13.7. The van der Waals surface area contributed by atoms with E-state index in [1.165, 1.54) is 49.1 Å². The lowest BCUT2D eigenvalue weighted by atomic mass is 9.86. The lowest BCUT2D eigenvalue weighted by molar-refractivity contribution is -0.136. The van der Waals surface area contributed by atoms with E-state index in [2.05, 4.69) is 32.9 Å². The van der Waals surface area contributed by atoms with Crippen LogP contribution in [0.25, 0.3) is 0 Å². The van der Waals surface area contributed by atoms with E-state index in [0.29, 0.717) is 12.0 Å². The van der Waals surface area contributed by atoms with Gasteiger partial charge in [0.1, 0.15) is 0 Å². The quantitative estimate of drug-likeness (QED) is 0.810. The predicted molar refractivity (Wildman–Crippen MR) is 103 cm³/mol. The number of hydrogen-bond donors (Lipinski definition) is 1. The average molecular weight is 370 g/mol. The fourth-order valence-corrected chi connectivity index (χ4v) is 5.12. The minimum absolute atomic E-state index is 0.157. The van der Waals surface area contributed by atoms with Crippen molar-refractivity contribution in [2.45, 2.75) is 76.7 Å². The Morgan fingerprint density at radius 3 is 2.85 bits per heavy atom. The molecule has 1 saturated carbocycles. The molecule has 2 fully saturated rings. The number of aromatic nitrogens is 3. The Labute approximate surface area is 160 Å². The second kappa shape index (κ2) is 7.87. The molecule has 1 aromatic heterocycles. The first-order valence-electron chi connectivity index (χ1n) is 10.4. The first-order valence-corrected chi connectivity index (χ1v) is 10.4. The number of carbonyl (C=O) groups is 1. The van der Waals surface area contributed by atoms with E-state index >= 15 is 0 Å². The summed E-state index contributed by atoms with van der Waals surface area (Å²) in [5, 5.41) is 18.0. The van der Waals surface area contributed by atoms with Crippen molar-refractivity contribution in [1.82, 2.24) is 19.9 Å². The van der Waals surface area contributed by atoms with Gasteiger partial charge in [-0.3, -0.25) is 4.79 Å². The number of aliphatic carboxylic acids is 1. The van der Waals surface area contributed by atoms with Crippen LogP contribution in [-0.4, -0.2) is 44.1 Å². The highest BCUT2D eigenvalue weighted by Gasteiger charge is 2.33. The van der Waals surface area contributed by atoms with Crippen LogP contribution in [0, 0.1) is 0 Å². The van der Waals surface area contributed by atoms with E-state index in [1.54, 1.807) is 0 Å². The summed E-state index contributed by atoms with van der Waals surface area (Å²) < 4.78 is 2.19. The molecule has 0 aromatic carbocycles. The number of fused-ring (bicyclic) bond motifs is 1. The highest BCUT2D eigenvalue weighted by atomic mass is 16.4. The van der Waals surface area contributed by atoms with E-state index in [4.69, 9.17) is 0 Å². The van der Waals surface area contributed by atoms with Gasteiger partial charge in [-0.25, -0.2) is 4.68 Å². The van der Waals surface area contributed by atoms with Crippen LogP contribution in [0.5, 0.6) is 0 Å². The Kier molecular flexibility index (Phi) is 5.32. The molecule has 3 heterocycles. The van der Waals surface area contributed by atoms with Gasteiger partial charge in [-0.15, -0.1) is 5.10 Å². The van der Waals surface area contributed by atoms with Crippen molar-refractivity contribution in [2.24, 2.45) is 0 Å². The summed E-state index contributed by atoms with van der Waals surface area (Å²) in [7, 11) is 0. The lowest BCUT2D eigenvalue weighted by Gasteiger charge is -2.42. The molecule has 27 heavy (non-hydrogen) atoms. The minimum atomic E-state index is -0.729. The molecule has 0 radical (unpaired) electrons. The number of piperidine rings is 1. The molecule has 0 bridgehead atoms. The number of carboxylic acids is 1. The van der Waals surface area contributed by atoms with Crippen LogP contribution in [0.4, 0.5) is 0 Å². The number of carboxylic acid groups (broad SMARTS) is 1. The molecule has 1 aromatic rings. The zero-order valence-corrected chi connectivity index (χ0v) is 16.2. The molecule has 6 nitrogen and oxygen atoms in total. The van der Waals surface area contributed by atoms with Gasteiger partial charge >= 0.3 is 5.97 Å². The SMILES string of the molecule is C/C=C1/CC(CC(=O)O)=C2CCC(n3nncc3C3CCCCC3)CN2C1. The molecule has 2 aliphatic heterocycles. The van der Waals surface area contributed by atoms with E-state index in [-0.39, 0.29) is 6.42 Å². The molecule has 6 heteroatoms. The first-order chi connectivity index (χ1) is 13.2. The third-order valence-electron chi connectivity index (χ3n) is 6.51. The molecule has 1 saturated heterocycles. The van der Waals surface area contributed by atoms with Gasteiger partial charge in [-0.1, -0.05) is 36.1 Å². The zero-order chi connectivity index (χ0) is 18.8. The lowest BCUT2D eigenvalue weighted by Crippen LogP contribution is -2.40. The number of nitrogens with zero attached hydrogens (tertiary/aromatic N) is 4. The highest BCUT2D eigenvalue weighted by Crippen LogP contribution is 2.39. The van der Waals surface area contributed by atoms with Gasteiger partial charge in [0, 0.05) is 24.7 Å². The van der Waals surface area contributed by atoms with E-state index in [9.17, 15) is 9.90 Å². The Morgan fingerprint density at radius 2 is 2.11 bits per heavy atom. The highest BCUT2D eigenvalue weighted by molar-refractivity contribution is 5.70. The van der Waals surface area contributed by atoms with Crippen LogP contribution >= 0.6 is 0 Å². The van der Waals surface area contributed by atoms with Crippen LogP contribution < -0.4 is 0 Å². The third kappa shape index (κ3) is 3.80. The molecule has 146 valence electrons. The monoisotopic (exact) mass is 370 g/mol. The van der Waals surface area contributed by atoms with Gasteiger partial charge in [-0.2, -0.15) is 0 Å². The molecular weight excluding hydrogens is 340 g/mol. The number of allylic oxidation sites excluding steroid dienone is 2. The third-order valence-corrected chi connectivity index (χ3v) is 6.51. The summed E-state index contributed by atoms with van der Waals surface area (Å²) >= 11 is 0. The van der Waals surface area contributed by atoms with E-state index < -0.39 is 5.97 Å². The van der Waals surface area contributed by atoms with Crippen molar-refractivity contribution in [1.29, 1.82) is 0 Å². The van der Waals surface area contributed by atoms with Gasteiger partial charge in [0.15, 0.2) is 0 Å². The van der Waals surface area contributed by atoms with E-state index in [0.717, 1.165) is 37.9 Å². The summed E-state index contributed by atoms with van der Waals surface area (Å²) in [5.74, 6) is -0.131. The largest absolute Gasteiger partial charge is 0.481 e. The second-order valence-corrected chi connectivity index (χ2v) is 8.26. The molecule has 0 spiro atoms. The minimum Gasteiger partial charge on any atom is -0.481 e. The topological polar surface area (TPSA) is 71.2 Å². The van der Waals surface area contributed by atoms with Crippen molar-refractivity contribution in [3.8, 4) is 0 Å². The van der Waals surface area contributed by atoms with Crippen LogP contribution in [0.15, 0.2) is 29.1 Å². The van der Waals surface area contributed by atoms with Crippen LogP contribution in [0.2, 0.25) is 0 Å². The summed E-state index contributed by atoms with van der Waals surface area (Å²) in [6, 6.07) is 0.329. The molecule has 1 aliphatic carbocycles. The summed E-state index contributed by atoms with van der Waals surface area (Å²) in [5.41, 5.74) is 4.98. The summed E-state index contributed by atoms with van der Waals surface area (Å²) in [6.45, 7) is 3.87. The first kappa shape index (κ1) is 18.3. The van der Waals surface area contributed by atoms with Gasteiger partial charge in [-0.05, 0) is 44.6 Å². The molecule has 4 rings (SSSR count). The van der Waals surface area contributed by atoms with Gasteiger partial charge < -0.3 is 10.0 Å². The molecule has 1 N–H and O–H groups in total. The molecule has 3 aliphatic rings. The maximum absolute atomic E-state index is 11.3. The van der Waals surface area contributed by atoms with Crippen molar-refractivity contribution in [3.63, 3.8) is 0 Å². The average Bonchev–Trinajstić information content (AvgIpc) is 3.17. The van der Waals surface area contributed by atoms with Gasteiger partial charge in [0.25, 0.3) is 0 Å². The second-order valence-electron chi connectivity index (χ2n) is 8.26.